The van der Waals surface area contributed by atoms with Crippen LogP contribution in [-0.2, 0) is 0 Å². The maximum Gasteiger partial charge on any atom is 0.251 e. The molecule has 1 aliphatic carbocycles. The number of amides is 1. The van der Waals surface area contributed by atoms with Crippen LogP contribution in [0.3, 0.4) is 0 Å². The van der Waals surface area contributed by atoms with E-state index in [0.717, 1.165) is 25.2 Å². The van der Waals surface area contributed by atoms with E-state index >= 15 is 0 Å². The summed E-state index contributed by atoms with van der Waals surface area (Å²) in [5, 5.41) is 7.16. The number of carbonyl (C=O) groups excluding carboxylic acids is 1. The molecule has 25 heavy (non-hydrogen) atoms. The van der Waals surface area contributed by atoms with Gasteiger partial charge in [0.2, 0.25) is 11.7 Å². The molecule has 1 amide bonds. The SMILES string of the molecule is Cc1nc(-c2ccc(C(=O)N[C@H](CN3CCCC3)C3CC3)cc2)no1. The molecule has 2 fully saturated rings. The maximum atomic E-state index is 12.6. The Labute approximate surface area is 147 Å². The van der Waals surface area contributed by atoms with Crippen LogP contribution in [0.15, 0.2) is 28.8 Å². The average molecular weight is 340 g/mol. The predicted octanol–water partition coefficient (Wildman–Crippen LogP) is 2.65. The van der Waals surface area contributed by atoms with E-state index in [4.69, 9.17) is 4.52 Å². The molecule has 1 aromatic heterocycles. The molecular formula is C19H24N4O2. The average Bonchev–Trinajstić information content (AvgIpc) is 3.18. The minimum Gasteiger partial charge on any atom is -0.348 e. The van der Waals surface area contributed by atoms with Crippen LogP contribution in [0.4, 0.5) is 0 Å². The summed E-state index contributed by atoms with van der Waals surface area (Å²) >= 11 is 0. The lowest BCUT2D eigenvalue weighted by molar-refractivity contribution is 0.0921. The highest BCUT2D eigenvalue weighted by molar-refractivity contribution is 5.94. The molecule has 6 heteroatoms. The monoisotopic (exact) mass is 340 g/mol. The second-order valence-electron chi connectivity index (χ2n) is 7.14. The fourth-order valence-electron chi connectivity index (χ4n) is 3.49. The molecule has 0 unspecified atom stereocenters. The summed E-state index contributed by atoms with van der Waals surface area (Å²) in [6.45, 7) is 5.07. The molecule has 4 rings (SSSR count). The Kier molecular flexibility index (Phi) is 4.53. The molecule has 1 atom stereocenters. The van der Waals surface area contributed by atoms with Gasteiger partial charge in [0.1, 0.15) is 0 Å². The Morgan fingerprint density at radius 1 is 1.28 bits per heavy atom. The number of likely N-dealkylation sites (tertiary alicyclic amines) is 1. The van der Waals surface area contributed by atoms with Gasteiger partial charge in [0.25, 0.3) is 5.91 Å². The van der Waals surface area contributed by atoms with Crippen molar-refractivity contribution in [2.45, 2.75) is 38.6 Å². The van der Waals surface area contributed by atoms with Crippen LogP contribution in [0.2, 0.25) is 0 Å². The first-order valence-electron chi connectivity index (χ1n) is 9.13. The third-order valence-electron chi connectivity index (χ3n) is 5.09. The molecule has 0 radical (unpaired) electrons. The Morgan fingerprint density at radius 2 is 2.00 bits per heavy atom. The smallest absolute Gasteiger partial charge is 0.251 e. The van der Waals surface area contributed by atoms with Crippen molar-refractivity contribution >= 4 is 5.91 Å². The van der Waals surface area contributed by atoms with Crippen LogP contribution < -0.4 is 5.32 Å². The number of nitrogens with one attached hydrogen (secondary N) is 1. The Balaban J connectivity index is 1.40. The zero-order chi connectivity index (χ0) is 17.2. The van der Waals surface area contributed by atoms with Crippen LogP contribution in [-0.4, -0.2) is 46.6 Å². The molecule has 1 saturated carbocycles. The van der Waals surface area contributed by atoms with E-state index < -0.39 is 0 Å². The Bertz CT molecular complexity index is 730. The topological polar surface area (TPSA) is 71.3 Å². The lowest BCUT2D eigenvalue weighted by Gasteiger charge is -2.24. The van der Waals surface area contributed by atoms with Gasteiger partial charge in [0.15, 0.2) is 0 Å². The molecule has 0 spiro atoms. The number of nitrogens with zero attached hydrogens (tertiary/aromatic N) is 3. The second-order valence-corrected chi connectivity index (χ2v) is 7.14. The van der Waals surface area contributed by atoms with Crippen molar-refractivity contribution in [3.05, 3.63) is 35.7 Å². The van der Waals surface area contributed by atoms with Gasteiger partial charge in [0.05, 0.1) is 0 Å². The van der Waals surface area contributed by atoms with E-state index in [1.165, 1.54) is 25.7 Å². The third-order valence-corrected chi connectivity index (χ3v) is 5.09. The van der Waals surface area contributed by atoms with Crippen LogP contribution in [0, 0.1) is 12.8 Å². The van der Waals surface area contributed by atoms with E-state index in [9.17, 15) is 4.79 Å². The summed E-state index contributed by atoms with van der Waals surface area (Å²) in [5.74, 6) is 1.73. The molecular weight excluding hydrogens is 316 g/mol. The lowest BCUT2D eigenvalue weighted by Crippen LogP contribution is -2.44. The predicted molar refractivity (Wildman–Crippen MR) is 94.1 cm³/mol. The number of aromatic nitrogens is 2. The molecule has 1 aliphatic heterocycles. The van der Waals surface area contributed by atoms with Crippen LogP contribution >= 0.6 is 0 Å². The first-order valence-corrected chi connectivity index (χ1v) is 9.13. The van der Waals surface area contributed by atoms with Gasteiger partial charge in [0, 0.05) is 30.6 Å². The molecule has 1 aromatic carbocycles. The number of hydrogen-bond acceptors (Lipinski definition) is 5. The standard InChI is InChI=1S/C19H24N4O2/c1-13-20-18(22-25-13)15-6-8-16(9-7-15)19(24)21-17(14-4-5-14)12-23-10-2-3-11-23/h6-9,14,17H,2-5,10-12H2,1H3,(H,21,24)/t17-/m1/s1. The van der Waals surface area contributed by atoms with Crippen molar-refractivity contribution in [3.63, 3.8) is 0 Å². The van der Waals surface area contributed by atoms with E-state index in [0.29, 0.717) is 23.2 Å². The summed E-state index contributed by atoms with van der Waals surface area (Å²) in [7, 11) is 0. The maximum absolute atomic E-state index is 12.6. The van der Waals surface area contributed by atoms with Crippen molar-refractivity contribution in [1.82, 2.24) is 20.4 Å². The largest absolute Gasteiger partial charge is 0.348 e. The van der Waals surface area contributed by atoms with Gasteiger partial charge in [-0.05, 0) is 56.8 Å². The highest BCUT2D eigenvalue weighted by Crippen LogP contribution is 2.33. The number of carbonyl (C=O) groups is 1. The van der Waals surface area contributed by atoms with Gasteiger partial charge in [-0.3, -0.25) is 4.79 Å². The van der Waals surface area contributed by atoms with Crippen molar-refractivity contribution < 1.29 is 9.32 Å². The molecule has 1 N–H and O–H groups in total. The summed E-state index contributed by atoms with van der Waals surface area (Å²) in [5.41, 5.74) is 1.53. The Hall–Kier alpha value is -2.21. The minimum atomic E-state index is 0.00643. The quantitative estimate of drug-likeness (QED) is 0.875. The van der Waals surface area contributed by atoms with Gasteiger partial charge in [-0.15, -0.1) is 0 Å². The van der Waals surface area contributed by atoms with Crippen molar-refractivity contribution in [2.24, 2.45) is 5.92 Å². The second kappa shape index (κ2) is 6.96. The number of aryl methyl sites for hydroxylation is 1. The molecule has 0 bridgehead atoms. The van der Waals surface area contributed by atoms with Crippen molar-refractivity contribution in [2.75, 3.05) is 19.6 Å². The fraction of sp³-hybridized carbons (Fsp3) is 0.526. The van der Waals surface area contributed by atoms with Crippen LogP contribution in [0.5, 0.6) is 0 Å². The van der Waals surface area contributed by atoms with Gasteiger partial charge < -0.3 is 14.7 Å². The molecule has 1 saturated heterocycles. The molecule has 2 aromatic rings. The number of rotatable bonds is 6. The first-order chi connectivity index (χ1) is 12.2. The minimum absolute atomic E-state index is 0.00643. The fourth-order valence-corrected chi connectivity index (χ4v) is 3.49. The number of hydrogen-bond donors (Lipinski definition) is 1. The summed E-state index contributed by atoms with van der Waals surface area (Å²) in [4.78, 5) is 19.3. The summed E-state index contributed by atoms with van der Waals surface area (Å²) in [6.07, 6.45) is 5.02. The Morgan fingerprint density at radius 3 is 2.60 bits per heavy atom. The van der Waals surface area contributed by atoms with Crippen LogP contribution in [0.25, 0.3) is 11.4 Å². The van der Waals surface area contributed by atoms with E-state index in [1.54, 1.807) is 6.92 Å². The van der Waals surface area contributed by atoms with Gasteiger partial charge in [-0.25, -0.2) is 0 Å². The summed E-state index contributed by atoms with van der Waals surface area (Å²) < 4.78 is 5.00. The van der Waals surface area contributed by atoms with Crippen molar-refractivity contribution in [1.29, 1.82) is 0 Å². The highest BCUT2D eigenvalue weighted by atomic mass is 16.5. The van der Waals surface area contributed by atoms with E-state index in [2.05, 4.69) is 20.4 Å². The van der Waals surface area contributed by atoms with E-state index in [1.807, 2.05) is 24.3 Å². The summed E-state index contributed by atoms with van der Waals surface area (Å²) in [6, 6.07) is 7.66. The van der Waals surface area contributed by atoms with Crippen LogP contribution in [0.1, 0.15) is 41.9 Å². The molecule has 2 heterocycles. The van der Waals surface area contributed by atoms with E-state index in [-0.39, 0.29) is 11.9 Å². The third kappa shape index (κ3) is 3.90. The van der Waals surface area contributed by atoms with Gasteiger partial charge >= 0.3 is 0 Å². The number of benzene rings is 1. The zero-order valence-corrected chi connectivity index (χ0v) is 14.6. The lowest BCUT2D eigenvalue weighted by atomic mass is 10.1. The normalized spacial score (nSPS) is 19.1. The zero-order valence-electron chi connectivity index (χ0n) is 14.6. The van der Waals surface area contributed by atoms with Gasteiger partial charge in [-0.2, -0.15) is 4.98 Å². The first kappa shape index (κ1) is 16.3. The van der Waals surface area contributed by atoms with Crippen molar-refractivity contribution in [3.8, 4) is 11.4 Å². The molecule has 6 nitrogen and oxygen atoms in total. The molecule has 132 valence electrons. The molecule has 2 aliphatic rings. The van der Waals surface area contributed by atoms with Gasteiger partial charge in [-0.1, -0.05) is 17.3 Å². The highest BCUT2D eigenvalue weighted by Gasteiger charge is 2.34.